The van der Waals surface area contributed by atoms with E-state index >= 15 is 0 Å². The highest BCUT2D eigenvalue weighted by Crippen LogP contribution is 2.67. The van der Waals surface area contributed by atoms with Crippen LogP contribution in [0.2, 0.25) is 0 Å². The maximum absolute atomic E-state index is 13.8. The van der Waals surface area contributed by atoms with Gasteiger partial charge >= 0.3 is 0 Å². The van der Waals surface area contributed by atoms with Crippen molar-refractivity contribution >= 4 is 5.57 Å². The second-order valence-electron chi connectivity index (χ2n) is 11.1. The molecule has 7 atom stereocenters. The molecule has 1 heterocycles. The number of fused-ring (bicyclic) bond motifs is 5. The van der Waals surface area contributed by atoms with Crippen LogP contribution in [0.25, 0.3) is 5.57 Å². The maximum atomic E-state index is 13.8. The lowest BCUT2D eigenvalue weighted by Gasteiger charge is -2.61. The van der Waals surface area contributed by atoms with Crippen LogP contribution in [0.1, 0.15) is 77.7 Å². The summed E-state index contributed by atoms with van der Waals surface area (Å²) in [6.07, 6.45) is 14.8. The van der Waals surface area contributed by atoms with Crippen LogP contribution in [0.3, 0.4) is 0 Å². The highest BCUT2D eigenvalue weighted by molar-refractivity contribution is 5.72. The standard InChI is InChI=1S/C25H34FNO/c1-23(28)10-11-24(2)17(13-23)4-5-19-21-7-6-20(16-12-18(26)15-27-14-16)25(21,3)9-8-22(19)24/h6,12,14-15,17,19,21-22,28H,4-5,7-11,13H2,1-3H3/t17?,19?,21?,22?,23-,24-,25+/m0/s1. The molecule has 152 valence electrons. The van der Waals surface area contributed by atoms with Crippen LogP contribution in [0.5, 0.6) is 0 Å². The average molecular weight is 384 g/mol. The summed E-state index contributed by atoms with van der Waals surface area (Å²) >= 11 is 0. The zero-order valence-electron chi connectivity index (χ0n) is 17.5. The Morgan fingerprint density at radius 2 is 1.86 bits per heavy atom. The van der Waals surface area contributed by atoms with Crippen LogP contribution in [0, 0.1) is 40.3 Å². The van der Waals surface area contributed by atoms with E-state index in [-0.39, 0.29) is 11.2 Å². The van der Waals surface area contributed by atoms with Crippen LogP contribution in [0.15, 0.2) is 24.5 Å². The average Bonchev–Trinajstić information content (AvgIpc) is 2.99. The highest BCUT2D eigenvalue weighted by atomic mass is 19.1. The minimum Gasteiger partial charge on any atom is -0.390 e. The Balaban J connectivity index is 1.43. The third-order valence-electron chi connectivity index (χ3n) is 9.55. The molecular weight excluding hydrogens is 349 g/mol. The summed E-state index contributed by atoms with van der Waals surface area (Å²) in [4.78, 5) is 4.12. The summed E-state index contributed by atoms with van der Waals surface area (Å²) < 4.78 is 13.8. The fourth-order valence-corrected chi connectivity index (χ4v) is 8.01. The summed E-state index contributed by atoms with van der Waals surface area (Å²) in [5, 5.41) is 10.7. The van der Waals surface area contributed by atoms with Crippen LogP contribution in [-0.2, 0) is 0 Å². The van der Waals surface area contributed by atoms with Crippen molar-refractivity contribution in [2.24, 2.45) is 34.5 Å². The number of halogens is 1. The first-order chi connectivity index (χ1) is 13.2. The molecule has 1 aromatic heterocycles. The van der Waals surface area contributed by atoms with Gasteiger partial charge in [0.2, 0.25) is 0 Å². The van der Waals surface area contributed by atoms with E-state index in [9.17, 15) is 9.50 Å². The molecule has 2 nitrogen and oxygen atoms in total. The molecule has 4 aliphatic carbocycles. The number of pyridine rings is 1. The first-order valence-electron chi connectivity index (χ1n) is 11.3. The van der Waals surface area contributed by atoms with Gasteiger partial charge in [-0.15, -0.1) is 0 Å². The Morgan fingerprint density at radius 1 is 1.04 bits per heavy atom. The molecule has 1 N–H and O–H groups in total. The number of hydrogen-bond donors (Lipinski definition) is 1. The topological polar surface area (TPSA) is 33.1 Å². The first kappa shape index (κ1) is 18.8. The summed E-state index contributed by atoms with van der Waals surface area (Å²) in [5.74, 6) is 2.64. The van der Waals surface area contributed by atoms with Crippen molar-refractivity contribution in [1.82, 2.24) is 4.98 Å². The van der Waals surface area contributed by atoms with Gasteiger partial charge in [0, 0.05) is 6.20 Å². The van der Waals surface area contributed by atoms with Crippen molar-refractivity contribution in [2.45, 2.75) is 77.7 Å². The molecule has 1 aromatic rings. The lowest BCUT2D eigenvalue weighted by atomic mass is 9.44. The molecule has 3 saturated carbocycles. The van der Waals surface area contributed by atoms with Gasteiger partial charge in [0.15, 0.2) is 0 Å². The predicted octanol–water partition coefficient (Wildman–Crippen LogP) is 6.01. The van der Waals surface area contributed by atoms with Gasteiger partial charge in [0.25, 0.3) is 0 Å². The van der Waals surface area contributed by atoms with E-state index in [4.69, 9.17) is 0 Å². The smallest absolute Gasteiger partial charge is 0.142 e. The quantitative estimate of drug-likeness (QED) is 0.644. The lowest BCUT2D eigenvalue weighted by molar-refractivity contribution is -0.138. The molecule has 4 unspecified atom stereocenters. The number of nitrogens with zero attached hydrogens (tertiary/aromatic N) is 1. The zero-order valence-corrected chi connectivity index (χ0v) is 17.5. The third-order valence-corrected chi connectivity index (χ3v) is 9.55. The van der Waals surface area contributed by atoms with Gasteiger partial charge in [-0.2, -0.15) is 0 Å². The monoisotopic (exact) mass is 383 g/mol. The van der Waals surface area contributed by atoms with E-state index in [0.29, 0.717) is 17.3 Å². The minimum atomic E-state index is -0.466. The van der Waals surface area contributed by atoms with Crippen molar-refractivity contribution in [3.8, 4) is 0 Å². The number of hydrogen-bond acceptors (Lipinski definition) is 2. The number of aliphatic hydroxyl groups is 1. The van der Waals surface area contributed by atoms with Gasteiger partial charge in [-0.1, -0.05) is 19.9 Å². The van der Waals surface area contributed by atoms with E-state index in [1.54, 1.807) is 6.07 Å². The van der Waals surface area contributed by atoms with E-state index in [1.807, 2.05) is 13.1 Å². The van der Waals surface area contributed by atoms with Crippen LogP contribution < -0.4 is 0 Å². The van der Waals surface area contributed by atoms with E-state index < -0.39 is 5.60 Å². The van der Waals surface area contributed by atoms with Gasteiger partial charge < -0.3 is 5.11 Å². The Kier molecular flexibility index (Phi) is 4.12. The Morgan fingerprint density at radius 3 is 2.64 bits per heavy atom. The number of rotatable bonds is 1. The van der Waals surface area contributed by atoms with Crippen molar-refractivity contribution in [3.63, 3.8) is 0 Å². The Bertz CT molecular complexity index is 817. The highest BCUT2D eigenvalue weighted by Gasteiger charge is 2.59. The Hall–Kier alpha value is -1.22. The fourth-order valence-electron chi connectivity index (χ4n) is 8.01. The number of aromatic nitrogens is 1. The van der Waals surface area contributed by atoms with Gasteiger partial charge in [0.1, 0.15) is 5.82 Å². The third kappa shape index (κ3) is 2.65. The molecule has 3 heteroatoms. The van der Waals surface area contributed by atoms with Crippen molar-refractivity contribution in [2.75, 3.05) is 0 Å². The van der Waals surface area contributed by atoms with Crippen molar-refractivity contribution in [1.29, 1.82) is 0 Å². The fraction of sp³-hybridized carbons (Fsp3) is 0.720. The molecule has 4 aliphatic rings. The molecule has 0 aromatic carbocycles. The van der Waals surface area contributed by atoms with Gasteiger partial charge in [-0.05, 0) is 110 Å². The summed E-state index contributed by atoms with van der Waals surface area (Å²) in [6.45, 7) is 7.00. The molecule has 0 aliphatic heterocycles. The first-order valence-corrected chi connectivity index (χ1v) is 11.3. The van der Waals surface area contributed by atoms with Crippen molar-refractivity contribution in [3.05, 3.63) is 35.9 Å². The molecule has 0 radical (unpaired) electrons. The molecule has 28 heavy (non-hydrogen) atoms. The van der Waals surface area contributed by atoms with E-state index in [2.05, 4.69) is 24.9 Å². The van der Waals surface area contributed by atoms with E-state index in [0.717, 1.165) is 36.7 Å². The zero-order chi connectivity index (χ0) is 19.7. The SMILES string of the molecule is C[C@]1(O)CC[C@@]2(C)C(CCC3C2CC[C@]2(C)C(c4cncc(F)c4)=CCC32)C1. The van der Waals surface area contributed by atoms with Gasteiger partial charge in [-0.25, -0.2) is 4.39 Å². The molecule has 0 spiro atoms. The summed E-state index contributed by atoms with van der Waals surface area (Å²) in [5.41, 5.74) is 2.39. The molecule has 0 amide bonds. The van der Waals surface area contributed by atoms with Crippen LogP contribution >= 0.6 is 0 Å². The second-order valence-corrected chi connectivity index (χ2v) is 11.1. The van der Waals surface area contributed by atoms with Gasteiger partial charge in [-0.3, -0.25) is 4.98 Å². The van der Waals surface area contributed by atoms with Crippen LogP contribution in [-0.4, -0.2) is 15.7 Å². The lowest BCUT2D eigenvalue weighted by Crippen LogP contribution is -2.55. The molecule has 0 saturated heterocycles. The summed E-state index contributed by atoms with van der Waals surface area (Å²) in [6, 6.07) is 1.67. The summed E-state index contributed by atoms with van der Waals surface area (Å²) in [7, 11) is 0. The normalized spacial score (nSPS) is 47.7. The predicted molar refractivity (Wildman–Crippen MR) is 110 cm³/mol. The maximum Gasteiger partial charge on any atom is 0.142 e. The molecule has 0 bridgehead atoms. The molecule has 5 rings (SSSR count). The van der Waals surface area contributed by atoms with Crippen molar-refractivity contribution < 1.29 is 9.50 Å². The van der Waals surface area contributed by atoms with Crippen LogP contribution in [0.4, 0.5) is 4.39 Å². The van der Waals surface area contributed by atoms with E-state index in [1.165, 1.54) is 43.9 Å². The molecular formula is C25H34FNO. The largest absolute Gasteiger partial charge is 0.390 e. The second kappa shape index (κ2) is 6.14. The van der Waals surface area contributed by atoms with Gasteiger partial charge in [0.05, 0.1) is 11.8 Å². The minimum absolute atomic E-state index is 0.153. The number of allylic oxidation sites excluding steroid dienone is 2. The Labute approximate surface area is 168 Å². The molecule has 3 fully saturated rings.